The summed E-state index contributed by atoms with van der Waals surface area (Å²) in [5, 5.41) is 27.0. The number of carboxylic acid groups (broad SMARTS) is 1. The smallest absolute Gasteiger partial charge is 0.308 e. The minimum absolute atomic E-state index is 0.297. The predicted octanol–water partition coefficient (Wildman–Crippen LogP) is -1.47. The molecule has 0 aromatic heterocycles. The van der Waals surface area contributed by atoms with Gasteiger partial charge in [0.15, 0.2) is 0 Å². The molecule has 0 aromatic carbocycles. The fourth-order valence-electron chi connectivity index (χ4n) is 1.50. The van der Waals surface area contributed by atoms with Crippen LogP contribution in [0.15, 0.2) is 0 Å². The summed E-state index contributed by atoms with van der Waals surface area (Å²) in [6, 6.07) is -0.855. The summed E-state index contributed by atoms with van der Waals surface area (Å²) >= 11 is 0. The van der Waals surface area contributed by atoms with Gasteiger partial charge in [-0.3, -0.25) is 4.79 Å². The Bertz CT molecular complexity index is 184. The summed E-state index contributed by atoms with van der Waals surface area (Å²) in [4.78, 5) is 10.5. The summed E-state index contributed by atoms with van der Waals surface area (Å²) in [6.07, 6.45) is -1.36. The summed E-state index contributed by atoms with van der Waals surface area (Å²) in [7, 11) is 0. The third-order valence-corrected chi connectivity index (χ3v) is 2.34. The van der Waals surface area contributed by atoms with Crippen molar-refractivity contribution in [2.45, 2.75) is 31.1 Å². The number of nitrogens with two attached hydrogens (primary N) is 1. The zero-order chi connectivity index (χ0) is 9.30. The summed E-state index contributed by atoms with van der Waals surface area (Å²) in [5.74, 6) is -1.74. The molecule has 4 atom stereocenters. The molecule has 0 aliphatic heterocycles. The Balaban J connectivity index is 2.65. The Labute approximate surface area is 69.8 Å². The molecule has 0 radical (unpaired) electrons. The van der Waals surface area contributed by atoms with Crippen molar-refractivity contribution in [1.82, 2.24) is 0 Å². The molecule has 5 nitrogen and oxygen atoms in total. The zero-order valence-electron chi connectivity index (χ0n) is 6.55. The Kier molecular flexibility index (Phi) is 2.66. The van der Waals surface area contributed by atoms with Crippen LogP contribution >= 0.6 is 0 Å². The number of hydrogen-bond acceptors (Lipinski definition) is 4. The lowest BCUT2D eigenvalue weighted by atomic mass is 9.81. The second-order valence-corrected chi connectivity index (χ2v) is 3.16. The Hall–Kier alpha value is -0.650. The van der Waals surface area contributed by atoms with E-state index in [1.165, 1.54) is 0 Å². The maximum Gasteiger partial charge on any atom is 0.308 e. The molecule has 0 aromatic rings. The normalized spacial score (nSPS) is 42.6. The van der Waals surface area contributed by atoms with E-state index < -0.39 is 30.1 Å². The van der Waals surface area contributed by atoms with E-state index in [9.17, 15) is 9.90 Å². The molecule has 70 valence electrons. The van der Waals surface area contributed by atoms with Crippen LogP contribution in [0.1, 0.15) is 12.8 Å². The predicted molar refractivity (Wildman–Crippen MR) is 40.3 cm³/mol. The van der Waals surface area contributed by atoms with Crippen LogP contribution in [0.3, 0.4) is 0 Å². The highest BCUT2D eigenvalue weighted by atomic mass is 16.4. The molecule has 1 aliphatic carbocycles. The van der Waals surface area contributed by atoms with Gasteiger partial charge in [0.2, 0.25) is 0 Å². The second kappa shape index (κ2) is 3.38. The highest BCUT2D eigenvalue weighted by molar-refractivity contribution is 5.71. The number of rotatable bonds is 1. The molecule has 0 spiro atoms. The lowest BCUT2D eigenvalue weighted by Gasteiger charge is -2.33. The molecule has 5 N–H and O–H groups in total. The van der Waals surface area contributed by atoms with Crippen molar-refractivity contribution in [2.75, 3.05) is 0 Å². The van der Waals surface area contributed by atoms with E-state index >= 15 is 0 Å². The first-order chi connectivity index (χ1) is 5.54. The molecule has 0 bridgehead atoms. The van der Waals surface area contributed by atoms with Crippen LogP contribution in [0.5, 0.6) is 0 Å². The number of aliphatic hydroxyl groups is 2. The van der Waals surface area contributed by atoms with Crippen molar-refractivity contribution in [1.29, 1.82) is 0 Å². The van der Waals surface area contributed by atoms with Gasteiger partial charge in [0, 0.05) is 6.04 Å². The standard InChI is InChI=1S/C7H13NO4/c8-5-3(7(11)12)1-2-4(9)6(5)10/h3-6,9-10H,1-2,8H2,(H,11,12). The van der Waals surface area contributed by atoms with Gasteiger partial charge in [-0.15, -0.1) is 0 Å². The monoisotopic (exact) mass is 175 g/mol. The highest BCUT2D eigenvalue weighted by Gasteiger charge is 2.38. The first-order valence-electron chi connectivity index (χ1n) is 3.88. The Morgan fingerprint density at radius 1 is 1.33 bits per heavy atom. The van der Waals surface area contributed by atoms with Gasteiger partial charge in [-0.1, -0.05) is 0 Å². The summed E-state index contributed by atoms with van der Waals surface area (Å²) in [5.41, 5.74) is 5.42. The fourth-order valence-corrected chi connectivity index (χ4v) is 1.50. The van der Waals surface area contributed by atoms with Crippen molar-refractivity contribution < 1.29 is 20.1 Å². The molecule has 12 heavy (non-hydrogen) atoms. The van der Waals surface area contributed by atoms with Crippen LogP contribution < -0.4 is 5.73 Å². The lowest BCUT2D eigenvalue weighted by Crippen LogP contribution is -2.53. The minimum atomic E-state index is -1.11. The van der Waals surface area contributed by atoms with E-state index in [4.69, 9.17) is 15.9 Å². The van der Waals surface area contributed by atoms with Gasteiger partial charge < -0.3 is 21.1 Å². The van der Waals surface area contributed by atoms with Gasteiger partial charge in [0.05, 0.1) is 18.1 Å². The van der Waals surface area contributed by atoms with E-state index in [1.54, 1.807) is 0 Å². The van der Waals surface area contributed by atoms with E-state index in [-0.39, 0.29) is 0 Å². The minimum Gasteiger partial charge on any atom is -0.481 e. The molecular weight excluding hydrogens is 162 g/mol. The van der Waals surface area contributed by atoms with E-state index in [2.05, 4.69) is 0 Å². The van der Waals surface area contributed by atoms with E-state index in [0.29, 0.717) is 12.8 Å². The first kappa shape index (κ1) is 9.44. The molecule has 1 saturated carbocycles. The fraction of sp³-hybridized carbons (Fsp3) is 0.857. The van der Waals surface area contributed by atoms with Gasteiger partial charge >= 0.3 is 5.97 Å². The van der Waals surface area contributed by atoms with Crippen LogP contribution in [-0.4, -0.2) is 39.5 Å². The quantitative estimate of drug-likeness (QED) is 0.389. The zero-order valence-corrected chi connectivity index (χ0v) is 6.55. The topological polar surface area (TPSA) is 104 Å². The van der Waals surface area contributed by atoms with Gasteiger partial charge in [-0.05, 0) is 12.8 Å². The average molecular weight is 175 g/mol. The Morgan fingerprint density at radius 3 is 2.42 bits per heavy atom. The second-order valence-electron chi connectivity index (χ2n) is 3.16. The molecule has 0 saturated heterocycles. The maximum absolute atomic E-state index is 10.5. The number of carboxylic acids is 1. The van der Waals surface area contributed by atoms with Crippen molar-refractivity contribution in [3.05, 3.63) is 0 Å². The molecule has 1 rings (SSSR count). The van der Waals surface area contributed by atoms with Gasteiger partial charge in [-0.25, -0.2) is 0 Å². The van der Waals surface area contributed by atoms with Gasteiger partial charge in [-0.2, -0.15) is 0 Å². The van der Waals surface area contributed by atoms with Crippen LogP contribution in [0.25, 0.3) is 0 Å². The summed E-state index contributed by atoms with van der Waals surface area (Å²) < 4.78 is 0. The maximum atomic E-state index is 10.5. The van der Waals surface area contributed by atoms with Crippen molar-refractivity contribution in [2.24, 2.45) is 11.7 Å². The Morgan fingerprint density at radius 2 is 1.92 bits per heavy atom. The molecule has 0 amide bonds. The third-order valence-electron chi connectivity index (χ3n) is 2.34. The van der Waals surface area contributed by atoms with Crippen molar-refractivity contribution in [3.8, 4) is 0 Å². The first-order valence-corrected chi connectivity index (χ1v) is 3.88. The molecule has 1 aliphatic rings. The third kappa shape index (κ3) is 1.57. The number of hydrogen-bond donors (Lipinski definition) is 4. The number of carbonyl (C=O) groups is 1. The molecular formula is C7H13NO4. The summed E-state index contributed by atoms with van der Waals surface area (Å²) in [6.45, 7) is 0. The van der Waals surface area contributed by atoms with E-state index in [1.807, 2.05) is 0 Å². The molecule has 1 fully saturated rings. The number of aliphatic hydroxyl groups excluding tert-OH is 2. The molecule has 0 heterocycles. The molecule has 5 heteroatoms. The van der Waals surface area contributed by atoms with Crippen molar-refractivity contribution in [3.63, 3.8) is 0 Å². The van der Waals surface area contributed by atoms with Crippen LogP contribution in [0, 0.1) is 5.92 Å². The highest BCUT2D eigenvalue weighted by Crippen LogP contribution is 2.23. The van der Waals surface area contributed by atoms with Crippen LogP contribution in [-0.2, 0) is 4.79 Å². The van der Waals surface area contributed by atoms with Gasteiger partial charge in [0.25, 0.3) is 0 Å². The van der Waals surface area contributed by atoms with E-state index in [0.717, 1.165) is 0 Å². The number of aliphatic carboxylic acids is 1. The molecule has 4 unspecified atom stereocenters. The average Bonchev–Trinajstić information content (AvgIpc) is 2.00. The van der Waals surface area contributed by atoms with Crippen LogP contribution in [0.2, 0.25) is 0 Å². The van der Waals surface area contributed by atoms with Crippen LogP contribution in [0.4, 0.5) is 0 Å². The SMILES string of the molecule is NC1C(C(=O)O)CCC(O)C1O. The van der Waals surface area contributed by atoms with Crippen molar-refractivity contribution >= 4 is 5.97 Å². The largest absolute Gasteiger partial charge is 0.481 e. The van der Waals surface area contributed by atoms with Gasteiger partial charge in [0.1, 0.15) is 0 Å². The lowest BCUT2D eigenvalue weighted by molar-refractivity contribution is -0.147.